The summed E-state index contributed by atoms with van der Waals surface area (Å²) in [4.78, 5) is 11.2. The number of aromatic nitrogens is 4. The molecular formula is C19H25ClIN7O. The summed E-state index contributed by atoms with van der Waals surface area (Å²) in [6.45, 7) is 4.09. The van der Waals surface area contributed by atoms with E-state index in [1.807, 2.05) is 57.7 Å². The van der Waals surface area contributed by atoms with Crippen molar-refractivity contribution in [2.24, 2.45) is 12.0 Å². The van der Waals surface area contributed by atoms with Crippen molar-refractivity contribution in [1.82, 2.24) is 30.1 Å². The van der Waals surface area contributed by atoms with Crippen LogP contribution in [0.1, 0.15) is 18.4 Å². The summed E-state index contributed by atoms with van der Waals surface area (Å²) >= 11 is 6.02. The van der Waals surface area contributed by atoms with E-state index in [0.717, 1.165) is 30.2 Å². The maximum absolute atomic E-state index is 6.02. The third kappa shape index (κ3) is 6.70. The molecule has 0 saturated carbocycles. The van der Waals surface area contributed by atoms with Crippen molar-refractivity contribution in [3.8, 4) is 11.4 Å². The molecule has 1 aromatic carbocycles. The highest BCUT2D eigenvalue weighted by Gasteiger charge is 2.10. The highest BCUT2D eigenvalue weighted by Crippen LogP contribution is 2.20. The first-order chi connectivity index (χ1) is 13.5. The minimum absolute atomic E-state index is 0. The zero-order valence-corrected chi connectivity index (χ0v) is 19.8. The van der Waals surface area contributed by atoms with E-state index in [-0.39, 0.29) is 24.0 Å². The summed E-state index contributed by atoms with van der Waals surface area (Å²) < 4.78 is 7.13. The molecule has 0 aliphatic rings. The standard InChI is InChI=1S/C19H24ClN7O.HI/c1-4-21-19(26(2)12-14-11-23-27(3)13-14)22-9-8-17-24-18(25-28-17)15-6-5-7-16(20)10-15;/h5-7,10-11,13H,4,8-9,12H2,1-3H3,(H,21,22);1H. The van der Waals surface area contributed by atoms with Crippen LogP contribution in [0.4, 0.5) is 0 Å². The van der Waals surface area contributed by atoms with Crippen molar-refractivity contribution in [2.45, 2.75) is 19.9 Å². The Morgan fingerprint density at radius 3 is 2.90 bits per heavy atom. The van der Waals surface area contributed by atoms with Gasteiger partial charge < -0.3 is 14.7 Å². The second-order valence-corrected chi connectivity index (χ2v) is 6.82. The Labute approximate surface area is 192 Å². The molecule has 156 valence electrons. The van der Waals surface area contributed by atoms with Crippen molar-refractivity contribution in [2.75, 3.05) is 20.1 Å². The maximum Gasteiger partial charge on any atom is 0.228 e. The highest BCUT2D eigenvalue weighted by molar-refractivity contribution is 14.0. The Kier molecular flexibility index (Phi) is 8.90. The Morgan fingerprint density at radius 1 is 1.38 bits per heavy atom. The molecule has 2 heterocycles. The van der Waals surface area contributed by atoms with Gasteiger partial charge in [-0.25, -0.2) is 0 Å². The molecule has 0 aliphatic carbocycles. The molecule has 3 rings (SSSR count). The first kappa shape index (κ1) is 23.1. The molecule has 0 atom stereocenters. The van der Waals surface area contributed by atoms with Gasteiger partial charge in [-0.05, 0) is 19.1 Å². The summed E-state index contributed by atoms with van der Waals surface area (Å²) in [7, 11) is 3.91. The lowest BCUT2D eigenvalue weighted by Gasteiger charge is -2.21. The number of guanidine groups is 1. The van der Waals surface area contributed by atoms with Gasteiger partial charge in [0.1, 0.15) is 0 Å². The minimum Gasteiger partial charge on any atom is -0.357 e. The molecule has 0 unspecified atom stereocenters. The van der Waals surface area contributed by atoms with Gasteiger partial charge in [-0.3, -0.25) is 9.67 Å². The highest BCUT2D eigenvalue weighted by atomic mass is 127. The summed E-state index contributed by atoms with van der Waals surface area (Å²) in [6, 6.07) is 7.38. The molecule has 0 spiro atoms. The average Bonchev–Trinajstić information content (AvgIpc) is 3.30. The molecule has 29 heavy (non-hydrogen) atoms. The number of halogens is 2. The topological polar surface area (TPSA) is 84.4 Å². The summed E-state index contributed by atoms with van der Waals surface area (Å²) in [5.74, 6) is 1.90. The van der Waals surface area contributed by atoms with Crippen molar-refractivity contribution in [3.05, 3.63) is 53.1 Å². The van der Waals surface area contributed by atoms with Gasteiger partial charge in [-0.2, -0.15) is 10.1 Å². The van der Waals surface area contributed by atoms with Crippen molar-refractivity contribution in [1.29, 1.82) is 0 Å². The molecule has 0 radical (unpaired) electrons. The minimum atomic E-state index is 0. The van der Waals surface area contributed by atoms with Crippen LogP contribution in [0.2, 0.25) is 5.02 Å². The van der Waals surface area contributed by atoms with E-state index in [4.69, 9.17) is 16.1 Å². The molecule has 0 amide bonds. The molecule has 0 bridgehead atoms. The van der Waals surface area contributed by atoms with Gasteiger partial charge in [0.25, 0.3) is 0 Å². The van der Waals surface area contributed by atoms with Gasteiger partial charge >= 0.3 is 0 Å². The number of benzene rings is 1. The van der Waals surface area contributed by atoms with Crippen LogP contribution in [0, 0.1) is 0 Å². The predicted octanol–water partition coefficient (Wildman–Crippen LogP) is 3.38. The van der Waals surface area contributed by atoms with Crippen LogP contribution in [0.5, 0.6) is 0 Å². The van der Waals surface area contributed by atoms with Crippen molar-refractivity contribution >= 4 is 41.5 Å². The van der Waals surface area contributed by atoms with Gasteiger partial charge in [0.2, 0.25) is 11.7 Å². The lowest BCUT2D eigenvalue weighted by molar-refractivity contribution is 0.380. The molecular weight excluding hydrogens is 505 g/mol. The van der Waals surface area contributed by atoms with Crippen LogP contribution in [0.3, 0.4) is 0 Å². The van der Waals surface area contributed by atoms with Gasteiger partial charge in [0.05, 0.1) is 12.7 Å². The van der Waals surface area contributed by atoms with Crippen LogP contribution in [-0.4, -0.2) is 50.9 Å². The van der Waals surface area contributed by atoms with E-state index < -0.39 is 0 Å². The molecule has 0 aliphatic heterocycles. The fraction of sp³-hybridized carbons (Fsp3) is 0.368. The normalized spacial score (nSPS) is 11.2. The van der Waals surface area contributed by atoms with E-state index in [2.05, 4.69) is 30.4 Å². The molecule has 1 N–H and O–H groups in total. The van der Waals surface area contributed by atoms with E-state index in [1.54, 1.807) is 4.68 Å². The number of aliphatic imine (C=N–C) groups is 1. The van der Waals surface area contributed by atoms with Crippen LogP contribution in [0.25, 0.3) is 11.4 Å². The monoisotopic (exact) mass is 529 g/mol. The lowest BCUT2D eigenvalue weighted by atomic mass is 10.2. The van der Waals surface area contributed by atoms with Crippen LogP contribution in [-0.2, 0) is 20.0 Å². The summed E-state index contributed by atoms with van der Waals surface area (Å²) in [5, 5.41) is 12.2. The number of nitrogens with one attached hydrogen (secondary N) is 1. The van der Waals surface area contributed by atoms with E-state index in [0.29, 0.717) is 29.7 Å². The Bertz CT molecular complexity index is 940. The fourth-order valence-electron chi connectivity index (χ4n) is 2.73. The van der Waals surface area contributed by atoms with Crippen LogP contribution in [0.15, 0.2) is 46.2 Å². The maximum atomic E-state index is 6.02. The van der Waals surface area contributed by atoms with E-state index >= 15 is 0 Å². The number of aryl methyl sites for hydroxylation is 1. The average molecular weight is 530 g/mol. The molecule has 10 heteroatoms. The Hall–Kier alpha value is -2.14. The smallest absolute Gasteiger partial charge is 0.228 e. The zero-order valence-electron chi connectivity index (χ0n) is 16.7. The molecule has 3 aromatic rings. The fourth-order valence-corrected chi connectivity index (χ4v) is 2.92. The number of hydrogen-bond donors (Lipinski definition) is 1. The second-order valence-electron chi connectivity index (χ2n) is 6.39. The molecule has 0 saturated heterocycles. The summed E-state index contributed by atoms with van der Waals surface area (Å²) in [5.41, 5.74) is 1.95. The number of rotatable bonds is 7. The Balaban J connectivity index is 0.00000300. The lowest BCUT2D eigenvalue weighted by Crippen LogP contribution is -2.38. The van der Waals surface area contributed by atoms with Crippen LogP contribution >= 0.6 is 35.6 Å². The van der Waals surface area contributed by atoms with Gasteiger partial charge in [0, 0.05) is 56.0 Å². The van der Waals surface area contributed by atoms with E-state index in [1.165, 1.54) is 0 Å². The molecule has 2 aromatic heterocycles. The summed E-state index contributed by atoms with van der Waals surface area (Å²) in [6.07, 6.45) is 4.41. The van der Waals surface area contributed by atoms with Crippen LogP contribution < -0.4 is 5.32 Å². The predicted molar refractivity (Wildman–Crippen MR) is 125 cm³/mol. The zero-order chi connectivity index (χ0) is 19.9. The van der Waals surface area contributed by atoms with E-state index in [9.17, 15) is 0 Å². The van der Waals surface area contributed by atoms with Gasteiger partial charge in [-0.1, -0.05) is 28.9 Å². The number of nitrogens with zero attached hydrogens (tertiary/aromatic N) is 6. The largest absolute Gasteiger partial charge is 0.357 e. The second kappa shape index (κ2) is 11.1. The first-order valence-electron chi connectivity index (χ1n) is 9.10. The van der Waals surface area contributed by atoms with Crippen molar-refractivity contribution in [3.63, 3.8) is 0 Å². The molecule has 8 nitrogen and oxygen atoms in total. The molecule has 0 fully saturated rings. The van der Waals surface area contributed by atoms with Crippen molar-refractivity contribution < 1.29 is 4.52 Å². The quantitative estimate of drug-likeness (QED) is 0.287. The number of hydrogen-bond acceptors (Lipinski definition) is 5. The third-order valence-corrected chi connectivity index (χ3v) is 4.25. The third-order valence-electron chi connectivity index (χ3n) is 4.01. The van der Waals surface area contributed by atoms with Gasteiger partial charge in [-0.15, -0.1) is 24.0 Å². The SMILES string of the molecule is CCNC(=NCCc1nc(-c2cccc(Cl)c2)no1)N(C)Cc1cnn(C)c1.I. The van der Waals surface area contributed by atoms with Gasteiger partial charge in [0.15, 0.2) is 5.96 Å². The first-order valence-corrected chi connectivity index (χ1v) is 9.48. The Morgan fingerprint density at radius 2 is 2.21 bits per heavy atom.